The predicted molar refractivity (Wildman–Crippen MR) is 89.9 cm³/mol. The van der Waals surface area contributed by atoms with Gasteiger partial charge in [0.1, 0.15) is 5.01 Å². The van der Waals surface area contributed by atoms with Crippen LogP contribution in [0.25, 0.3) is 0 Å². The van der Waals surface area contributed by atoms with Crippen LogP contribution in [0, 0.1) is 6.92 Å². The number of rotatable bonds is 4. The number of nitrogens with two attached hydrogens (primary N) is 1. The van der Waals surface area contributed by atoms with Gasteiger partial charge >= 0.3 is 0 Å². The maximum absolute atomic E-state index is 5.74. The van der Waals surface area contributed by atoms with E-state index in [4.69, 9.17) is 10.7 Å². The smallest absolute Gasteiger partial charge is 0.104 e. The van der Waals surface area contributed by atoms with Gasteiger partial charge in [-0.2, -0.15) is 0 Å². The molecule has 1 aromatic heterocycles. The van der Waals surface area contributed by atoms with Crippen molar-refractivity contribution in [1.82, 2.24) is 4.98 Å². The second-order valence-electron chi connectivity index (χ2n) is 6.08. The molecule has 0 saturated heterocycles. The van der Waals surface area contributed by atoms with Crippen LogP contribution in [0.4, 0.5) is 0 Å². The number of hydrogen-bond donors (Lipinski definition) is 1. The van der Waals surface area contributed by atoms with Gasteiger partial charge in [-0.3, -0.25) is 0 Å². The van der Waals surface area contributed by atoms with E-state index in [1.165, 1.54) is 53.2 Å². The Labute approximate surface area is 131 Å². The number of benzene rings is 1. The van der Waals surface area contributed by atoms with Crippen LogP contribution >= 0.6 is 11.3 Å². The third-order valence-corrected chi connectivity index (χ3v) is 6.13. The van der Waals surface area contributed by atoms with E-state index in [1.54, 1.807) is 0 Å². The zero-order valence-corrected chi connectivity index (χ0v) is 13.6. The Bertz CT molecular complexity index is 583. The van der Waals surface area contributed by atoms with Crippen LogP contribution < -0.4 is 5.73 Å². The molecule has 0 aliphatic heterocycles. The third-order valence-electron chi connectivity index (χ3n) is 4.71. The lowest BCUT2D eigenvalue weighted by Gasteiger charge is -2.36. The van der Waals surface area contributed by atoms with Crippen molar-refractivity contribution in [3.8, 4) is 0 Å². The van der Waals surface area contributed by atoms with Crippen LogP contribution in [0.3, 0.4) is 0 Å². The van der Waals surface area contributed by atoms with Crippen molar-refractivity contribution in [3.63, 3.8) is 0 Å². The molecule has 2 N–H and O–H groups in total. The molecular formula is C18H24N2S. The summed E-state index contributed by atoms with van der Waals surface area (Å²) in [6, 6.07) is 11.0. The zero-order chi connectivity index (χ0) is 14.7. The van der Waals surface area contributed by atoms with E-state index >= 15 is 0 Å². The van der Waals surface area contributed by atoms with E-state index in [-0.39, 0.29) is 5.41 Å². The normalized spacial score (nSPS) is 17.8. The number of hydrogen-bond acceptors (Lipinski definition) is 3. The minimum absolute atomic E-state index is 0.141. The summed E-state index contributed by atoms with van der Waals surface area (Å²) in [7, 11) is 0. The second-order valence-corrected chi connectivity index (χ2v) is 7.16. The molecule has 3 heteroatoms. The van der Waals surface area contributed by atoms with Gasteiger partial charge < -0.3 is 5.73 Å². The topological polar surface area (TPSA) is 38.9 Å². The second kappa shape index (κ2) is 6.29. The summed E-state index contributed by atoms with van der Waals surface area (Å²) in [5.74, 6) is 0. The monoisotopic (exact) mass is 300 g/mol. The Balaban J connectivity index is 2.05. The number of thiazole rings is 1. The fraction of sp³-hybridized carbons (Fsp3) is 0.500. The van der Waals surface area contributed by atoms with Crippen LogP contribution in [0.5, 0.6) is 0 Å². The van der Waals surface area contributed by atoms with Gasteiger partial charge in [-0.15, -0.1) is 11.3 Å². The summed E-state index contributed by atoms with van der Waals surface area (Å²) in [5.41, 5.74) is 8.50. The van der Waals surface area contributed by atoms with Gasteiger partial charge in [0, 0.05) is 10.3 Å². The largest absolute Gasteiger partial charge is 0.330 e. The highest BCUT2D eigenvalue weighted by atomic mass is 32.1. The van der Waals surface area contributed by atoms with Crippen LogP contribution in [-0.4, -0.2) is 11.5 Å². The fourth-order valence-corrected chi connectivity index (χ4v) is 4.88. The van der Waals surface area contributed by atoms with Crippen molar-refractivity contribution in [1.29, 1.82) is 0 Å². The maximum Gasteiger partial charge on any atom is 0.104 e. The van der Waals surface area contributed by atoms with Crippen LogP contribution in [0.15, 0.2) is 30.3 Å². The van der Waals surface area contributed by atoms with Crippen LogP contribution in [0.1, 0.15) is 53.2 Å². The van der Waals surface area contributed by atoms with E-state index in [2.05, 4.69) is 37.3 Å². The summed E-state index contributed by atoms with van der Waals surface area (Å²) in [4.78, 5) is 6.33. The third kappa shape index (κ3) is 2.77. The minimum atomic E-state index is 0.141. The Morgan fingerprint density at radius 3 is 2.52 bits per heavy atom. The van der Waals surface area contributed by atoms with Gasteiger partial charge in [-0.25, -0.2) is 4.98 Å². The molecule has 0 atom stereocenters. The molecule has 1 fully saturated rings. The standard InChI is InChI=1S/C18H24N2S/c1-14-16(10-13-19)21-17(20-14)18(11-6-3-7-12-18)15-8-4-2-5-9-15/h2,4-5,8-9H,3,6-7,10-13,19H2,1H3. The highest BCUT2D eigenvalue weighted by Crippen LogP contribution is 2.46. The van der Waals surface area contributed by atoms with Crippen molar-refractivity contribution in [2.45, 2.75) is 50.9 Å². The number of aromatic nitrogens is 1. The van der Waals surface area contributed by atoms with Gasteiger partial charge in [0.25, 0.3) is 0 Å². The van der Waals surface area contributed by atoms with E-state index in [0.717, 1.165) is 6.42 Å². The molecule has 21 heavy (non-hydrogen) atoms. The first kappa shape index (κ1) is 14.7. The average Bonchev–Trinajstić information content (AvgIpc) is 2.91. The SMILES string of the molecule is Cc1nc(C2(c3ccccc3)CCCCC2)sc1CCN. The molecule has 0 spiro atoms. The quantitative estimate of drug-likeness (QED) is 0.919. The molecule has 2 aromatic rings. The van der Waals surface area contributed by atoms with Crippen molar-refractivity contribution < 1.29 is 0 Å². The molecule has 1 aliphatic carbocycles. The molecule has 1 saturated carbocycles. The number of nitrogens with zero attached hydrogens (tertiary/aromatic N) is 1. The molecule has 0 amide bonds. The maximum atomic E-state index is 5.74. The molecule has 3 rings (SSSR count). The van der Waals surface area contributed by atoms with Gasteiger partial charge in [0.15, 0.2) is 0 Å². The van der Waals surface area contributed by atoms with Crippen LogP contribution in [-0.2, 0) is 11.8 Å². The lowest BCUT2D eigenvalue weighted by atomic mass is 9.70. The summed E-state index contributed by atoms with van der Waals surface area (Å²) in [5, 5.41) is 1.31. The fourth-order valence-electron chi connectivity index (χ4n) is 3.53. The summed E-state index contributed by atoms with van der Waals surface area (Å²) in [6.45, 7) is 2.84. The Hall–Kier alpha value is -1.19. The lowest BCUT2D eigenvalue weighted by Crippen LogP contribution is -2.30. The van der Waals surface area contributed by atoms with Crippen molar-refractivity contribution in [2.75, 3.05) is 6.54 Å². The van der Waals surface area contributed by atoms with Crippen molar-refractivity contribution in [3.05, 3.63) is 51.5 Å². The van der Waals surface area contributed by atoms with Gasteiger partial charge in [0.2, 0.25) is 0 Å². The Morgan fingerprint density at radius 1 is 1.14 bits per heavy atom. The summed E-state index contributed by atoms with van der Waals surface area (Å²) in [6.07, 6.45) is 7.38. The number of aryl methyl sites for hydroxylation is 1. The molecule has 1 aliphatic rings. The Morgan fingerprint density at radius 2 is 1.86 bits per heavy atom. The molecule has 1 aromatic carbocycles. The van der Waals surface area contributed by atoms with E-state index in [9.17, 15) is 0 Å². The average molecular weight is 300 g/mol. The van der Waals surface area contributed by atoms with Crippen molar-refractivity contribution >= 4 is 11.3 Å². The van der Waals surface area contributed by atoms with E-state index in [1.807, 2.05) is 11.3 Å². The minimum Gasteiger partial charge on any atom is -0.330 e. The molecule has 2 nitrogen and oxygen atoms in total. The molecule has 1 heterocycles. The van der Waals surface area contributed by atoms with Gasteiger partial charge in [0.05, 0.1) is 5.69 Å². The molecule has 0 bridgehead atoms. The molecule has 0 radical (unpaired) electrons. The van der Waals surface area contributed by atoms with Crippen molar-refractivity contribution in [2.24, 2.45) is 5.73 Å². The van der Waals surface area contributed by atoms with Gasteiger partial charge in [-0.1, -0.05) is 49.6 Å². The Kier molecular flexibility index (Phi) is 4.41. The summed E-state index contributed by atoms with van der Waals surface area (Å²) < 4.78 is 0. The first-order valence-corrected chi connectivity index (χ1v) is 8.80. The van der Waals surface area contributed by atoms with E-state index in [0.29, 0.717) is 6.54 Å². The first-order valence-electron chi connectivity index (χ1n) is 7.99. The van der Waals surface area contributed by atoms with Gasteiger partial charge in [-0.05, 0) is 38.3 Å². The van der Waals surface area contributed by atoms with E-state index < -0.39 is 0 Å². The lowest BCUT2D eigenvalue weighted by molar-refractivity contribution is 0.344. The summed E-state index contributed by atoms with van der Waals surface area (Å²) >= 11 is 1.89. The molecule has 0 unspecified atom stereocenters. The predicted octanol–water partition coefficient (Wildman–Crippen LogP) is 4.20. The highest BCUT2D eigenvalue weighted by Gasteiger charge is 2.38. The first-order chi connectivity index (χ1) is 10.3. The van der Waals surface area contributed by atoms with Crippen LogP contribution in [0.2, 0.25) is 0 Å². The highest BCUT2D eigenvalue weighted by molar-refractivity contribution is 7.12. The molecular weight excluding hydrogens is 276 g/mol. The molecule has 112 valence electrons. The zero-order valence-electron chi connectivity index (χ0n) is 12.8.